The molecule has 0 bridgehead atoms. The summed E-state index contributed by atoms with van der Waals surface area (Å²) in [7, 11) is 1.67. The van der Waals surface area contributed by atoms with E-state index in [0.29, 0.717) is 6.61 Å². The molecule has 2 aromatic carbocycles. The summed E-state index contributed by atoms with van der Waals surface area (Å²) >= 11 is 1.71. The third-order valence-corrected chi connectivity index (χ3v) is 6.04. The summed E-state index contributed by atoms with van der Waals surface area (Å²) in [5.74, 6) is 3.34. The van der Waals surface area contributed by atoms with E-state index in [-0.39, 0.29) is 0 Å². The molecule has 164 valence electrons. The molecule has 1 aliphatic rings. The van der Waals surface area contributed by atoms with E-state index in [1.165, 1.54) is 0 Å². The molecule has 31 heavy (non-hydrogen) atoms. The van der Waals surface area contributed by atoms with Crippen molar-refractivity contribution in [1.29, 1.82) is 0 Å². The number of hydrogen-bond acceptors (Lipinski definition) is 7. The van der Waals surface area contributed by atoms with Crippen molar-refractivity contribution in [1.82, 2.24) is 19.7 Å². The number of nitrogens with zero attached hydrogens (tertiary/aromatic N) is 4. The van der Waals surface area contributed by atoms with E-state index in [0.717, 1.165) is 72.3 Å². The first kappa shape index (κ1) is 21.7. The average Bonchev–Trinajstić information content (AvgIpc) is 3.21. The Balaban J connectivity index is 1.50. The van der Waals surface area contributed by atoms with Crippen molar-refractivity contribution in [3.63, 3.8) is 0 Å². The Morgan fingerprint density at radius 1 is 1.03 bits per heavy atom. The molecule has 1 fully saturated rings. The number of aryl methyl sites for hydroxylation is 1. The van der Waals surface area contributed by atoms with Gasteiger partial charge < -0.3 is 14.2 Å². The molecular formula is C23H28N4O3S. The lowest BCUT2D eigenvalue weighted by atomic mass is 10.2. The Labute approximate surface area is 187 Å². The van der Waals surface area contributed by atoms with Crippen LogP contribution in [0.5, 0.6) is 11.5 Å². The second-order valence-electron chi connectivity index (χ2n) is 7.34. The van der Waals surface area contributed by atoms with Gasteiger partial charge in [0.15, 0.2) is 11.0 Å². The number of rotatable bonds is 9. The summed E-state index contributed by atoms with van der Waals surface area (Å²) in [5, 5.41) is 9.77. The molecule has 0 unspecified atom stereocenters. The molecule has 1 aliphatic heterocycles. The molecule has 2 heterocycles. The van der Waals surface area contributed by atoms with Gasteiger partial charge in [0.2, 0.25) is 0 Å². The van der Waals surface area contributed by atoms with Gasteiger partial charge >= 0.3 is 0 Å². The summed E-state index contributed by atoms with van der Waals surface area (Å²) in [6.07, 6.45) is 0. The van der Waals surface area contributed by atoms with Crippen LogP contribution in [0.4, 0.5) is 0 Å². The van der Waals surface area contributed by atoms with Gasteiger partial charge in [0, 0.05) is 31.1 Å². The monoisotopic (exact) mass is 440 g/mol. The Morgan fingerprint density at radius 3 is 2.58 bits per heavy atom. The first-order valence-corrected chi connectivity index (χ1v) is 11.4. The summed E-state index contributed by atoms with van der Waals surface area (Å²) < 4.78 is 18.8. The van der Waals surface area contributed by atoms with Crippen LogP contribution in [0.1, 0.15) is 11.4 Å². The van der Waals surface area contributed by atoms with Crippen LogP contribution in [-0.2, 0) is 11.3 Å². The number of morpholine rings is 1. The maximum atomic E-state index is 6.01. The van der Waals surface area contributed by atoms with Crippen LogP contribution < -0.4 is 9.47 Å². The molecule has 4 rings (SSSR count). The lowest BCUT2D eigenvalue weighted by Crippen LogP contribution is -2.37. The van der Waals surface area contributed by atoms with Gasteiger partial charge in [-0.2, -0.15) is 0 Å². The van der Waals surface area contributed by atoms with Crippen LogP contribution in [0.15, 0.2) is 53.7 Å². The molecule has 0 atom stereocenters. The summed E-state index contributed by atoms with van der Waals surface area (Å²) in [5.41, 5.74) is 2.15. The molecule has 8 heteroatoms. The van der Waals surface area contributed by atoms with Crippen molar-refractivity contribution in [2.24, 2.45) is 0 Å². The SMILES string of the molecule is COc1ccc(-n2c(COc3cccc(C)c3)nnc2SCCN2CCOCC2)cc1. The molecule has 0 radical (unpaired) electrons. The zero-order valence-corrected chi connectivity index (χ0v) is 18.8. The fourth-order valence-corrected chi connectivity index (χ4v) is 4.39. The van der Waals surface area contributed by atoms with Gasteiger partial charge in [-0.3, -0.25) is 9.47 Å². The maximum Gasteiger partial charge on any atom is 0.195 e. The van der Waals surface area contributed by atoms with Crippen LogP contribution >= 0.6 is 11.8 Å². The average molecular weight is 441 g/mol. The zero-order chi connectivity index (χ0) is 21.5. The van der Waals surface area contributed by atoms with Crippen molar-refractivity contribution in [3.05, 3.63) is 59.9 Å². The molecule has 0 saturated carbocycles. The van der Waals surface area contributed by atoms with Crippen molar-refractivity contribution in [3.8, 4) is 17.2 Å². The molecule has 7 nitrogen and oxygen atoms in total. The van der Waals surface area contributed by atoms with Crippen LogP contribution in [-0.4, -0.2) is 65.4 Å². The fourth-order valence-electron chi connectivity index (χ4n) is 3.42. The minimum absolute atomic E-state index is 0.340. The van der Waals surface area contributed by atoms with E-state index >= 15 is 0 Å². The largest absolute Gasteiger partial charge is 0.497 e. The molecule has 1 saturated heterocycles. The van der Waals surface area contributed by atoms with Crippen LogP contribution in [0, 0.1) is 6.92 Å². The maximum absolute atomic E-state index is 6.01. The zero-order valence-electron chi connectivity index (χ0n) is 18.0. The van der Waals surface area contributed by atoms with Crippen LogP contribution in [0.3, 0.4) is 0 Å². The van der Waals surface area contributed by atoms with Gasteiger partial charge in [0.1, 0.15) is 18.1 Å². The second kappa shape index (κ2) is 10.7. The molecular weight excluding hydrogens is 412 g/mol. The van der Waals surface area contributed by atoms with Gasteiger partial charge in [0.25, 0.3) is 0 Å². The summed E-state index contributed by atoms with van der Waals surface area (Å²) in [6, 6.07) is 16.0. The van der Waals surface area contributed by atoms with E-state index < -0.39 is 0 Å². The highest BCUT2D eigenvalue weighted by molar-refractivity contribution is 7.99. The molecule has 3 aromatic rings. The highest BCUT2D eigenvalue weighted by atomic mass is 32.2. The number of benzene rings is 2. The Hall–Kier alpha value is -2.55. The molecule has 0 aliphatic carbocycles. The Kier molecular flexibility index (Phi) is 7.45. The van der Waals surface area contributed by atoms with E-state index in [2.05, 4.69) is 32.7 Å². The van der Waals surface area contributed by atoms with E-state index in [1.807, 2.05) is 42.5 Å². The van der Waals surface area contributed by atoms with Crippen molar-refractivity contribution in [2.45, 2.75) is 18.7 Å². The molecule has 0 amide bonds. The normalized spacial score (nSPS) is 14.5. The number of hydrogen-bond donors (Lipinski definition) is 0. The van der Waals surface area contributed by atoms with Gasteiger partial charge in [-0.05, 0) is 48.9 Å². The lowest BCUT2D eigenvalue weighted by molar-refractivity contribution is 0.0410. The van der Waals surface area contributed by atoms with E-state index in [4.69, 9.17) is 14.2 Å². The van der Waals surface area contributed by atoms with E-state index in [1.54, 1.807) is 18.9 Å². The minimum Gasteiger partial charge on any atom is -0.497 e. The fraction of sp³-hybridized carbons (Fsp3) is 0.391. The molecule has 1 aromatic heterocycles. The van der Waals surface area contributed by atoms with Gasteiger partial charge in [-0.25, -0.2) is 0 Å². The predicted molar refractivity (Wildman–Crippen MR) is 121 cm³/mol. The second-order valence-corrected chi connectivity index (χ2v) is 8.40. The van der Waals surface area contributed by atoms with Crippen molar-refractivity contribution < 1.29 is 14.2 Å². The first-order valence-electron chi connectivity index (χ1n) is 10.4. The smallest absolute Gasteiger partial charge is 0.195 e. The number of aromatic nitrogens is 3. The Morgan fingerprint density at radius 2 is 1.84 bits per heavy atom. The van der Waals surface area contributed by atoms with Crippen molar-refractivity contribution in [2.75, 3.05) is 45.7 Å². The predicted octanol–water partition coefficient (Wildman–Crippen LogP) is 3.59. The van der Waals surface area contributed by atoms with Crippen LogP contribution in [0.2, 0.25) is 0 Å². The highest BCUT2D eigenvalue weighted by Gasteiger charge is 2.17. The number of methoxy groups -OCH3 is 1. The summed E-state index contributed by atoms with van der Waals surface area (Å²) in [4.78, 5) is 2.42. The van der Waals surface area contributed by atoms with Gasteiger partial charge in [-0.1, -0.05) is 23.9 Å². The Bertz CT molecular complexity index is 971. The van der Waals surface area contributed by atoms with Crippen molar-refractivity contribution >= 4 is 11.8 Å². The number of thioether (sulfide) groups is 1. The van der Waals surface area contributed by atoms with Crippen LogP contribution in [0.25, 0.3) is 5.69 Å². The van der Waals surface area contributed by atoms with Gasteiger partial charge in [-0.15, -0.1) is 10.2 Å². The molecule has 0 N–H and O–H groups in total. The van der Waals surface area contributed by atoms with Gasteiger partial charge in [0.05, 0.1) is 20.3 Å². The number of ether oxygens (including phenoxy) is 3. The molecule has 0 spiro atoms. The third-order valence-electron chi connectivity index (χ3n) is 5.13. The van der Waals surface area contributed by atoms with E-state index in [9.17, 15) is 0 Å². The quantitative estimate of drug-likeness (QED) is 0.471. The first-order chi connectivity index (χ1) is 15.2. The third kappa shape index (κ3) is 5.78. The standard InChI is InChI=1S/C23H28N4O3S/c1-18-4-3-5-21(16-18)30-17-22-24-25-23(31-15-12-26-10-13-29-14-11-26)27(22)19-6-8-20(28-2)9-7-19/h3-9,16H,10-15,17H2,1-2H3. The highest BCUT2D eigenvalue weighted by Crippen LogP contribution is 2.25. The topological polar surface area (TPSA) is 61.6 Å². The lowest BCUT2D eigenvalue weighted by Gasteiger charge is -2.26. The summed E-state index contributed by atoms with van der Waals surface area (Å²) in [6.45, 7) is 6.99. The minimum atomic E-state index is 0.340.